The van der Waals surface area contributed by atoms with Gasteiger partial charge < -0.3 is 0 Å². The maximum Gasteiger partial charge on any atom is 2.00 e. The van der Waals surface area contributed by atoms with Crippen molar-refractivity contribution in [1.29, 1.82) is 0 Å². The summed E-state index contributed by atoms with van der Waals surface area (Å²) in [4.78, 5) is 0. The zero-order chi connectivity index (χ0) is 20.6. The molecule has 1 aromatic rings. The summed E-state index contributed by atoms with van der Waals surface area (Å²) in [5.41, 5.74) is 3.88. The monoisotopic (exact) mass is 526 g/mol. The van der Waals surface area contributed by atoms with Crippen molar-refractivity contribution in [1.82, 2.24) is 0 Å². The van der Waals surface area contributed by atoms with Gasteiger partial charge in [-0.05, 0) is 61.5 Å². The average Bonchev–Trinajstić information content (AvgIpc) is 3.26. The summed E-state index contributed by atoms with van der Waals surface area (Å²) < 4.78 is 0. The van der Waals surface area contributed by atoms with E-state index >= 15 is 0 Å². The minimum atomic E-state index is -0.503. The Morgan fingerprint density at radius 1 is 0.552 bits per heavy atom. The van der Waals surface area contributed by atoms with Gasteiger partial charge in [-0.25, -0.2) is 0 Å². The van der Waals surface area contributed by atoms with Gasteiger partial charge in [-0.3, -0.25) is 0 Å². The molecule has 0 aliphatic carbocycles. The molecule has 0 N–H and O–H groups in total. The van der Waals surface area contributed by atoms with Crippen molar-refractivity contribution in [2.75, 3.05) is 0 Å². The predicted molar refractivity (Wildman–Crippen MR) is 135 cm³/mol. The molecule has 0 radical (unpaired) electrons. The summed E-state index contributed by atoms with van der Waals surface area (Å²) in [6.07, 6.45) is 5.91. The fraction of sp³-hybridized carbons (Fsp3) is 0.769. The minimum absolute atomic E-state index is 0. The van der Waals surface area contributed by atoms with E-state index in [1.54, 1.807) is 0 Å². The quantitative estimate of drug-likeness (QED) is 0.275. The number of hydrogen-bond acceptors (Lipinski definition) is 0. The zero-order valence-corrected chi connectivity index (χ0v) is 23.6. The molecule has 2 aliphatic heterocycles. The Morgan fingerprint density at radius 3 is 1.00 bits per heavy atom. The van der Waals surface area contributed by atoms with Gasteiger partial charge in [0.15, 0.2) is 0 Å². The van der Waals surface area contributed by atoms with Crippen LogP contribution in [0.3, 0.4) is 0 Å². The zero-order valence-electron chi connectivity index (χ0n) is 20.1. The van der Waals surface area contributed by atoms with E-state index in [-0.39, 0.29) is 20.4 Å². The summed E-state index contributed by atoms with van der Waals surface area (Å²) in [6, 6.07) is 9.94. The van der Waals surface area contributed by atoms with Crippen molar-refractivity contribution in [2.24, 2.45) is 23.7 Å². The third-order valence-electron chi connectivity index (χ3n) is 7.94. The third-order valence-corrected chi connectivity index (χ3v) is 17.3. The van der Waals surface area contributed by atoms with Gasteiger partial charge in [-0.2, -0.15) is 0 Å². The SMILES string of the molecule is CC(C)[C@H]1CC[C@H](C(C)C)[PH+]1c1ccccc1[PH+]1[C@@H](C(C)C)CC[C@@H]1C(C)C.[Pd+2]. The van der Waals surface area contributed by atoms with E-state index in [0.717, 1.165) is 46.3 Å². The van der Waals surface area contributed by atoms with Crippen LogP contribution in [-0.2, 0) is 20.4 Å². The number of benzene rings is 1. The summed E-state index contributed by atoms with van der Waals surface area (Å²) in [6.45, 7) is 20.0. The van der Waals surface area contributed by atoms with Gasteiger partial charge in [0.2, 0.25) is 0 Å². The van der Waals surface area contributed by atoms with Gasteiger partial charge in [0.1, 0.15) is 10.6 Å². The van der Waals surface area contributed by atoms with Crippen LogP contribution in [0.2, 0.25) is 0 Å². The molecule has 0 aromatic heterocycles. The van der Waals surface area contributed by atoms with Crippen LogP contribution in [-0.4, -0.2) is 22.6 Å². The Balaban J connectivity index is 0.00000300. The van der Waals surface area contributed by atoms with Crippen LogP contribution in [0.25, 0.3) is 0 Å². The molecule has 0 nitrogen and oxygen atoms in total. The topological polar surface area (TPSA) is 0 Å². The van der Waals surface area contributed by atoms with E-state index in [1.165, 1.54) is 25.7 Å². The molecule has 3 heteroatoms. The second-order valence-electron chi connectivity index (χ2n) is 11.0. The van der Waals surface area contributed by atoms with Crippen molar-refractivity contribution in [2.45, 2.75) is 104 Å². The molecule has 0 unspecified atom stereocenters. The van der Waals surface area contributed by atoms with Gasteiger partial charge >= 0.3 is 20.4 Å². The van der Waals surface area contributed by atoms with Crippen molar-refractivity contribution in [3.8, 4) is 0 Å². The van der Waals surface area contributed by atoms with E-state index in [0.29, 0.717) is 0 Å². The molecular formula is C26H46P2Pd+4. The van der Waals surface area contributed by atoms with E-state index in [4.69, 9.17) is 0 Å². The molecule has 2 saturated heterocycles. The first-order valence-corrected chi connectivity index (χ1v) is 15.4. The molecule has 0 amide bonds. The third kappa shape index (κ3) is 5.39. The summed E-state index contributed by atoms with van der Waals surface area (Å²) in [7, 11) is -1.01. The summed E-state index contributed by atoms with van der Waals surface area (Å²) >= 11 is 0. The van der Waals surface area contributed by atoms with Crippen molar-refractivity contribution in [3.63, 3.8) is 0 Å². The Kier molecular flexibility index (Phi) is 9.91. The maximum atomic E-state index is 2.60. The van der Waals surface area contributed by atoms with Crippen LogP contribution in [0.4, 0.5) is 0 Å². The Morgan fingerprint density at radius 2 is 0.793 bits per heavy atom. The Bertz CT molecular complexity index is 552. The molecule has 3 rings (SSSR count). The summed E-state index contributed by atoms with van der Waals surface area (Å²) in [5, 5.41) is 3.77. The van der Waals surface area contributed by atoms with Gasteiger partial charge in [-0.15, -0.1) is 0 Å². The van der Waals surface area contributed by atoms with Crippen LogP contribution in [0.5, 0.6) is 0 Å². The van der Waals surface area contributed by atoms with Crippen LogP contribution in [0, 0.1) is 23.7 Å². The molecule has 2 fully saturated rings. The minimum Gasteiger partial charge on any atom is -0.0590 e. The fourth-order valence-electron chi connectivity index (χ4n) is 6.45. The number of hydrogen-bond donors (Lipinski definition) is 0. The first kappa shape index (κ1) is 26.0. The molecule has 2 aliphatic rings. The molecular weight excluding hydrogens is 481 g/mol. The molecule has 2 heterocycles. The molecule has 0 spiro atoms. The van der Waals surface area contributed by atoms with Gasteiger partial charge in [0.25, 0.3) is 0 Å². The predicted octanol–water partition coefficient (Wildman–Crippen LogP) is 7.05. The van der Waals surface area contributed by atoms with Crippen LogP contribution >= 0.6 is 15.8 Å². The normalized spacial score (nSPS) is 28.8. The van der Waals surface area contributed by atoms with Crippen LogP contribution < -0.4 is 10.6 Å². The van der Waals surface area contributed by atoms with Crippen molar-refractivity contribution in [3.05, 3.63) is 24.3 Å². The fourth-order valence-corrected chi connectivity index (χ4v) is 16.2. The molecule has 0 bridgehead atoms. The molecule has 0 saturated carbocycles. The van der Waals surface area contributed by atoms with Crippen molar-refractivity contribution < 1.29 is 20.4 Å². The van der Waals surface area contributed by atoms with E-state index in [1.807, 2.05) is 10.6 Å². The number of rotatable bonds is 6. The van der Waals surface area contributed by atoms with E-state index in [9.17, 15) is 0 Å². The molecule has 4 atom stereocenters. The standard InChI is InChI=1S/C26H44P2.Pd/c1-17(2)21-13-14-22(18(3)4)27(21)25-11-9-10-12-26(25)28-23(19(5)6)15-16-24(28)20(7)8;/h9-12,17-24H,13-16H2,1-8H3;/q;+2/p+2/t21-,22-,23-,24-;/m1./s1. The average molecular weight is 527 g/mol. The largest absolute Gasteiger partial charge is 2.00 e. The first-order valence-electron chi connectivity index (χ1n) is 12.1. The Hall–Kier alpha value is 0.742. The molecule has 1 aromatic carbocycles. The second kappa shape index (κ2) is 11.1. The van der Waals surface area contributed by atoms with Gasteiger partial charge in [0, 0.05) is 15.8 Å². The molecule has 29 heavy (non-hydrogen) atoms. The van der Waals surface area contributed by atoms with Crippen LogP contribution in [0.15, 0.2) is 24.3 Å². The van der Waals surface area contributed by atoms with Crippen LogP contribution in [0.1, 0.15) is 81.1 Å². The van der Waals surface area contributed by atoms with Gasteiger partial charge in [0.05, 0.1) is 22.6 Å². The van der Waals surface area contributed by atoms with Crippen molar-refractivity contribution >= 4 is 26.5 Å². The van der Waals surface area contributed by atoms with E-state index < -0.39 is 15.8 Å². The van der Waals surface area contributed by atoms with Gasteiger partial charge in [-0.1, -0.05) is 67.5 Å². The second-order valence-corrected chi connectivity index (χ2v) is 16.9. The first-order chi connectivity index (χ1) is 13.2. The van der Waals surface area contributed by atoms with E-state index in [2.05, 4.69) is 79.7 Å². The smallest absolute Gasteiger partial charge is 0.0590 e. The summed E-state index contributed by atoms with van der Waals surface area (Å²) in [5.74, 6) is 3.36. The maximum absolute atomic E-state index is 2.60. The Labute approximate surface area is 197 Å². The molecule has 166 valence electrons.